The van der Waals surface area contributed by atoms with Gasteiger partial charge in [-0.05, 0) is 51.4 Å². The van der Waals surface area contributed by atoms with Gasteiger partial charge >= 0.3 is 19.8 Å². The number of phosphoric acid groups is 1. The van der Waals surface area contributed by atoms with Crippen LogP contribution in [0, 0.1) is 0 Å². The second-order valence-electron chi connectivity index (χ2n) is 19.1. The minimum Gasteiger partial charge on any atom is -0.462 e. The minimum absolute atomic E-state index is 0.0921. The second-order valence-corrected chi connectivity index (χ2v) is 20.5. The summed E-state index contributed by atoms with van der Waals surface area (Å²) in [6, 6.07) is 0. The summed E-state index contributed by atoms with van der Waals surface area (Å²) in [5.41, 5.74) is 0. The van der Waals surface area contributed by atoms with Crippen molar-refractivity contribution in [3.05, 3.63) is 48.6 Å². The molecule has 0 bridgehead atoms. The molecule has 1 saturated carbocycles. The number of rotatable bonds is 46. The molecular formula is C55H99O13P. The maximum Gasteiger partial charge on any atom is 0.472 e. The molecule has 8 atom stereocenters. The van der Waals surface area contributed by atoms with E-state index in [1.54, 1.807) is 0 Å². The lowest BCUT2D eigenvalue weighted by Gasteiger charge is -2.41. The van der Waals surface area contributed by atoms with Crippen molar-refractivity contribution in [2.24, 2.45) is 0 Å². The van der Waals surface area contributed by atoms with Gasteiger partial charge in [0.1, 0.15) is 43.2 Å². The van der Waals surface area contributed by atoms with Crippen molar-refractivity contribution in [3.63, 3.8) is 0 Å². The smallest absolute Gasteiger partial charge is 0.462 e. The fraction of sp³-hybridized carbons (Fsp3) is 0.818. The molecule has 0 amide bonds. The summed E-state index contributed by atoms with van der Waals surface area (Å²) in [7, 11) is -5.13. The van der Waals surface area contributed by atoms with E-state index in [9.17, 15) is 44.6 Å². The van der Waals surface area contributed by atoms with Crippen LogP contribution in [0.15, 0.2) is 48.6 Å². The van der Waals surface area contributed by atoms with Gasteiger partial charge in [0.15, 0.2) is 6.10 Å². The molecule has 0 aromatic carbocycles. The molecule has 0 aromatic heterocycles. The molecule has 0 radical (unpaired) electrons. The summed E-state index contributed by atoms with van der Waals surface area (Å²) in [6.07, 6.45) is 41.6. The van der Waals surface area contributed by atoms with Gasteiger partial charge in [-0.15, -0.1) is 0 Å². The maximum absolute atomic E-state index is 12.9. The first-order chi connectivity index (χ1) is 33.4. The molecule has 0 spiro atoms. The zero-order chi connectivity index (χ0) is 50.6. The van der Waals surface area contributed by atoms with Gasteiger partial charge in [-0.25, -0.2) is 4.57 Å². The summed E-state index contributed by atoms with van der Waals surface area (Å²) < 4.78 is 33.7. The van der Waals surface area contributed by atoms with E-state index in [1.165, 1.54) is 122 Å². The third kappa shape index (κ3) is 36.4. The lowest BCUT2D eigenvalue weighted by atomic mass is 9.85. The van der Waals surface area contributed by atoms with Crippen molar-refractivity contribution in [1.82, 2.24) is 0 Å². The number of carbonyl (C=O) groups excluding carboxylic acids is 2. The van der Waals surface area contributed by atoms with E-state index in [1.807, 2.05) is 0 Å². The molecule has 0 saturated heterocycles. The van der Waals surface area contributed by atoms with Crippen molar-refractivity contribution in [1.29, 1.82) is 0 Å². The Bertz CT molecular complexity index is 1390. The van der Waals surface area contributed by atoms with Crippen LogP contribution in [0.25, 0.3) is 0 Å². The molecule has 0 aliphatic heterocycles. The Labute approximate surface area is 418 Å². The maximum atomic E-state index is 12.9. The fourth-order valence-electron chi connectivity index (χ4n) is 8.28. The quantitative estimate of drug-likeness (QED) is 0.0145. The molecule has 0 aromatic rings. The van der Waals surface area contributed by atoms with Crippen LogP contribution in [0.4, 0.5) is 0 Å². The number of aliphatic hydroxyl groups is 5. The highest BCUT2D eigenvalue weighted by Crippen LogP contribution is 2.47. The fourth-order valence-corrected chi connectivity index (χ4v) is 9.25. The number of ether oxygens (including phenoxy) is 2. The van der Waals surface area contributed by atoms with E-state index in [-0.39, 0.29) is 12.8 Å². The molecular weight excluding hydrogens is 900 g/mol. The topological polar surface area (TPSA) is 210 Å². The number of aliphatic hydroxyl groups excluding tert-OH is 5. The Balaban J connectivity index is 2.36. The van der Waals surface area contributed by atoms with E-state index >= 15 is 0 Å². The zero-order valence-corrected chi connectivity index (χ0v) is 44.0. The third-order valence-electron chi connectivity index (χ3n) is 12.7. The first-order valence-corrected chi connectivity index (χ1v) is 28.9. The normalized spacial score (nSPS) is 21.2. The number of unbranched alkanes of at least 4 members (excludes halogenated alkanes) is 26. The Morgan fingerprint density at radius 3 is 1.25 bits per heavy atom. The van der Waals surface area contributed by atoms with Crippen molar-refractivity contribution in [3.8, 4) is 0 Å². The summed E-state index contributed by atoms with van der Waals surface area (Å²) >= 11 is 0. The number of allylic oxidation sites excluding steroid dienone is 8. The van der Waals surface area contributed by atoms with Crippen molar-refractivity contribution < 1.29 is 63.1 Å². The summed E-state index contributed by atoms with van der Waals surface area (Å²) in [6.45, 7) is 3.25. The molecule has 1 aliphatic rings. The highest BCUT2D eigenvalue weighted by molar-refractivity contribution is 7.47. The van der Waals surface area contributed by atoms with Crippen molar-refractivity contribution in [2.75, 3.05) is 13.2 Å². The van der Waals surface area contributed by atoms with Crippen LogP contribution in [0.3, 0.4) is 0 Å². The van der Waals surface area contributed by atoms with Gasteiger partial charge in [-0.1, -0.05) is 217 Å². The van der Waals surface area contributed by atoms with Crippen LogP contribution < -0.4 is 0 Å². The molecule has 1 aliphatic carbocycles. The Kier molecular flexibility index (Phi) is 41.8. The molecule has 0 heterocycles. The van der Waals surface area contributed by atoms with Gasteiger partial charge in [-0.2, -0.15) is 0 Å². The van der Waals surface area contributed by atoms with E-state index in [4.69, 9.17) is 18.5 Å². The lowest BCUT2D eigenvalue weighted by Crippen LogP contribution is -2.64. The third-order valence-corrected chi connectivity index (χ3v) is 13.6. The van der Waals surface area contributed by atoms with Crippen LogP contribution in [0.5, 0.6) is 0 Å². The molecule has 402 valence electrons. The Morgan fingerprint density at radius 1 is 0.449 bits per heavy atom. The first-order valence-electron chi connectivity index (χ1n) is 27.4. The number of carbonyl (C=O) groups is 2. The van der Waals surface area contributed by atoms with Gasteiger partial charge in [0.25, 0.3) is 0 Å². The average molecular weight is 999 g/mol. The summed E-state index contributed by atoms with van der Waals surface area (Å²) in [4.78, 5) is 35.9. The molecule has 6 unspecified atom stereocenters. The summed E-state index contributed by atoms with van der Waals surface area (Å²) in [5, 5.41) is 50.3. The Morgan fingerprint density at radius 2 is 0.812 bits per heavy atom. The van der Waals surface area contributed by atoms with E-state index in [2.05, 4.69) is 62.5 Å². The van der Waals surface area contributed by atoms with Gasteiger partial charge < -0.3 is 39.9 Å². The number of phosphoric ester groups is 1. The monoisotopic (exact) mass is 999 g/mol. The zero-order valence-electron chi connectivity index (χ0n) is 43.1. The van der Waals surface area contributed by atoms with Gasteiger partial charge in [0.05, 0.1) is 6.61 Å². The first kappa shape index (κ1) is 64.8. The second kappa shape index (κ2) is 44.5. The molecule has 69 heavy (non-hydrogen) atoms. The summed E-state index contributed by atoms with van der Waals surface area (Å²) in [5.74, 6) is -1.13. The largest absolute Gasteiger partial charge is 0.472 e. The predicted molar refractivity (Wildman–Crippen MR) is 276 cm³/mol. The standard InChI is InChI=1S/C55H99O13P/c1-3-5-7-9-11-13-15-17-19-21-22-23-24-25-26-28-30-32-34-36-38-40-42-44-49(57)67-47(46-66-69(63,64)68-55-53(61)51(59)50(58)52(60)54(55)62)45-65-48(56)43-41-39-37-35-33-31-29-27-20-18-16-14-12-10-8-6-4-2/h8,10,14,16,20,27,31,33,47,50-55,58-62H,3-7,9,11-13,15,17-19,21-26,28-30,32,34-46H2,1-2H3,(H,63,64)/b10-8+,16-14+,27-20+,33-31+/t47-,50?,51-,52?,53?,54?,55?/m1/s1. The predicted octanol–water partition coefficient (Wildman–Crippen LogP) is 12.3. The molecule has 1 fully saturated rings. The average Bonchev–Trinajstić information content (AvgIpc) is 3.33. The molecule has 1 rings (SSSR count). The van der Waals surface area contributed by atoms with Crippen LogP contribution >= 0.6 is 7.82 Å². The lowest BCUT2D eigenvalue weighted by molar-refractivity contribution is -0.220. The molecule has 6 N–H and O–H groups in total. The minimum atomic E-state index is -5.13. The number of hydrogen-bond acceptors (Lipinski definition) is 12. The van der Waals surface area contributed by atoms with Crippen LogP contribution in [-0.2, 0) is 32.7 Å². The van der Waals surface area contributed by atoms with E-state index in [0.717, 1.165) is 70.6 Å². The van der Waals surface area contributed by atoms with Gasteiger partial charge in [0.2, 0.25) is 0 Å². The van der Waals surface area contributed by atoms with Crippen LogP contribution in [0.1, 0.15) is 232 Å². The van der Waals surface area contributed by atoms with Crippen LogP contribution in [-0.4, -0.2) is 98.3 Å². The van der Waals surface area contributed by atoms with Gasteiger partial charge in [-0.3, -0.25) is 18.6 Å². The van der Waals surface area contributed by atoms with Crippen LogP contribution in [0.2, 0.25) is 0 Å². The van der Waals surface area contributed by atoms with E-state index < -0.39 is 75.7 Å². The number of esters is 2. The molecule has 14 heteroatoms. The number of hydrogen-bond donors (Lipinski definition) is 6. The highest BCUT2D eigenvalue weighted by Gasteiger charge is 2.51. The van der Waals surface area contributed by atoms with Crippen molar-refractivity contribution in [2.45, 2.75) is 275 Å². The van der Waals surface area contributed by atoms with Crippen molar-refractivity contribution >= 4 is 19.8 Å². The molecule has 13 nitrogen and oxygen atoms in total. The Hall–Kier alpha value is -2.19. The SMILES string of the molecule is CCC/C=C/C/C=C/C/C=C/C/C=C/CCCCCC(=O)OC[C@H](COP(=O)(O)OC1C(O)C(O)C(O)[C@@H](O)C1O)OC(=O)CCCCCCCCCCCCCCCCCCCCCCCCC. The van der Waals surface area contributed by atoms with Gasteiger partial charge in [0, 0.05) is 12.8 Å². The highest BCUT2D eigenvalue weighted by atomic mass is 31.2. The van der Waals surface area contributed by atoms with E-state index in [0.29, 0.717) is 12.8 Å².